The standard InChI is InChI=1S/C17H26N2OS2/c1-11(16-8-13-3-4-14(16)7-13)18-17(20)5-6-21-9-15-10-22-12(2)19-15/h10-11,13-14,16H,3-9H2,1-2H3,(H,18,20)/t11-,13-,14-,16-/m0/s1. The third kappa shape index (κ3) is 4.05. The third-order valence-corrected chi connectivity index (χ3v) is 7.03. The smallest absolute Gasteiger partial charge is 0.221 e. The van der Waals surface area contributed by atoms with Crippen LogP contribution in [0.25, 0.3) is 0 Å². The summed E-state index contributed by atoms with van der Waals surface area (Å²) in [4.78, 5) is 16.5. The van der Waals surface area contributed by atoms with E-state index in [0.717, 1.165) is 40.0 Å². The van der Waals surface area contributed by atoms with E-state index in [4.69, 9.17) is 0 Å². The average molecular weight is 339 g/mol. The topological polar surface area (TPSA) is 42.0 Å². The van der Waals surface area contributed by atoms with Gasteiger partial charge in [0.05, 0.1) is 10.7 Å². The molecule has 2 bridgehead atoms. The monoisotopic (exact) mass is 338 g/mol. The summed E-state index contributed by atoms with van der Waals surface area (Å²) >= 11 is 3.50. The van der Waals surface area contributed by atoms with Gasteiger partial charge in [-0.1, -0.05) is 6.42 Å². The minimum absolute atomic E-state index is 0.220. The van der Waals surface area contributed by atoms with Crippen molar-refractivity contribution in [2.24, 2.45) is 17.8 Å². The molecule has 4 atom stereocenters. The molecule has 3 nitrogen and oxygen atoms in total. The van der Waals surface area contributed by atoms with Gasteiger partial charge in [-0.2, -0.15) is 11.8 Å². The number of nitrogens with one attached hydrogen (secondary N) is 1. The lowest BCUT2D eigenvalue weighted by Gasteiger charge is -2.28. The molecule has 0 aliphatic heterocycles. The van der Waals surface area contributed by atoms with Crippen LogP contribution in [0.15, 0.2) is 5.38 Å². The Morgan fingerprint density at radius 3 is 3.00 bits per heavy atom. The van der Waals surface area contributed by atoms with Gasteiger partial charge in [0, 0.05) is 29.3 Å². The highest BCUT2D eigenvalue weighted by molar-refractivity contribution is 7.98. The fourth-order valence-electron chi connectivity index (χ4n) is 4.16. The van der Waals surface area contributed by atoms with Crippen LogP contribution in [-0.4, -0.2) is 22.7 Å². The van der Waals surface area contributed by atoms with Gasteiger partial charge in [0.15, 0.2) is 0 Å². The van der Waals surface area contributed by atoms with E-state index in [0.29, 0.717) is 12.5 Å². The fraction of sp³-hybridized carbons (Fsp3) is 0.765. The predicted octanol–water partition coefficient (Wildman–Crippen LogP) is 4.02. The van der Waals surface area contributed by atoms with Crippen LogP contribution in [0.2, 0.25) is 0 Å². The Balaban J connectivity index is 1.32. The summed E-state index contributed by atoms with van der Waals surface area (Å²) in [5.41, 5.74) is 1.14. The lowest BCUT2D eigenvalue weighted by Crippen LogP contribution is -2.40. The Hall–Kier alpha value is -0.550. The molecule has 1 aromatic heterocycles. The second-order valence-corrected chi connectivity index (χ2v) is 9.02. The van der Waals surface area contributed by atoms with Gasteiger partial charge < -0.3 is 5.32 Å². The summed E-state index contributed by atoms with van der Waals surface area (Å²) in [7, 11) is 0. The molecule has 122 valence electrons. The molecule has 5 heteroatoms. The van der Waals surface area contributed by atoms with Crippen molar-refractivity contribution in [3.8, 4) is 0 Å². The number of amides is 1. The quantitative estimate of drug-likeness (QED) is 0.764. The lowest BCUT2D eigenvalue weighted by molar-refractivity contribution is -0.121. The van der Waals surface area contributed by atoms with Gasteiger partial charge in [-0.25, -0.2) is 4.98 Å². The third-order valence-electron chi connectivity index (χ3n) is 5.21. The molecule has 2 aliphatic rings. The molecule has 0 saturated heterocycles. The number of nitrogens with zero attached hydrogens (tertiary/aromatic N) is 1. The number of hydrogen-bond donors (Lipinski definition) is 1. The van der Waals surface area contributed by atoms with E-state index in [2.05, 4.69) is 22.6 Å². The second-order valence-electron chi connectivity index (χ2n) is 6.86. The van der Waals surface area contributed by atoms with Gasteiger partial charge in [-0.3, -0.25) is 4.79 Å². The molecule has 2 fully saturated rings. The van der Waals surface area contributed by atoms with E-state index in [1.165, 1.54) is 25.7 Å². The maximum absolute atomic E-state index is 12.1. The zero-order valence-electron chi connectivity index (χ0n) is 13.5. The van der Waals surface area contributed by atoms with Crippen molar-refractivity contribution in [1.82, 2.24) is 10.3 Å². The summed E-state index contributed by atoms with van der Waals surface area (Å²) in [6.07, 6.45) is 6.18. The Bertz CT molecular complexity index is 517. The molecular formula is C17H26N2OS2. The van der Waals surface area contributed by atoms with E-state index in [-0.39, 0.29) is 5.91 Å². The van der Waals surface area contributed by atoms with Crippen LogP contribution in [0.3, 0.4) is 0 Å². The van der Waals surface area contributed by atoms with Crippen molar-refractivity contribution < 1.29 is 4.79 Å². The van der Waals surface area contributed by atoms with E-state index < -0.39 is 0 Å². The van der Waals surface area contributed by atoms with Crippen molar-refractivity contribution in [2.45, 2.75) is 57.7 Å². The molecule has 1 N–H and O–H groups in total. The SMILES string of the molecule is Cc1nc(CSCCC(=O)N[C@@H](C)[C@@H]2C[C@H]3CC[C@H]2C3)cs1. The largest absolute Gasteiger partial charge is 0.353 e. The molecule has 1 aromatic rings. The highest BCUT2D eigenvalue weighted by Gasteiger charge is 2.41. The molecule has 1 amide bonds. The van der Waals surface area contributed by atoms with Crippen molar-refractivity contribution in [3.63, 3.8) is 0 Å². The first-order chi connectivity index (χ1) is 10.6. The summed E-state index contributed by atoms with van der Waals surface area (Å²) in [6, 6.07) is 0.356. The van der Waals surface area contributed by atoms with Crippen LogP contribution in [0.4, 0.5) is 0 Å². The van der Waals surface area contributed by atoms with Crippen LogP contribution in [0, 0.1) is 24.7 Å². The molecule has 22 heavy (non-hydrogen) atoms. The molecule has 2 saturated carbocycles. The highest BCUT2D eigenvalue weighted by Crippen LogP contribution is 2.49. The first-order valence-corrected chi connectivity index (χ1v) is 10.4. The van der Waals surface area contributed by atoms with Crippen molar-refractivity contribution in [2.75, 3.05) is 5.75 Å². The summed E-state index contributed by atoms with van der Waals surface area (Å²) in [6.45, 7) is 4.23. The van der Waals surface area contributed by atoms with Gasteiger partial charge in [0.1, 0.15) is 0 Å². The zero-order chi connectivity index (χ0) is 15.5. The van der Waals surface area contributed by atoms with Crippen LogP contribution >= 0.6 is 23.1 Å². The number of aromatic nitrogens is 1. The molecular weight excluding hydrogens is 312 g/mol. The van der Waals surface area contributed by atoms with Gasteiger partial charge in [0.25, 0.3) is 0 Å². The lowest BCUT2D eigenvalue weighted by atomic mass is 9.84. The number of rotatable bonds is 7. The normalized spacial score (nSPS) is 28.0. The predicted molar refractivity (Wildman–Crippen MR) is 94.2 cm³/mol. The molecule has 0 spiro atoms. The zero-order valence-corrected chi connectivity index (χ0v) is 15.1. The number of hydrogen-bond acceptors (Lipinski definition) is 4. The Labute approximate surface area is 141 Å². The number of thioether (sulfide) groups is 1. The number of carbonyl (C=O) groups excluding carboxylic acids is 1. The van der Waals surface area contributed by atoms with E-state index in [9.17, 15) is 4.79 Å². The van der Waals surface area contributed by atoms with Crippen molar-refractivity contribution in [1.29, 1.82) is 0 Å². The summed E-state index contributed by atoms with van der Waals surface area (Å²) < 4.78 is 0. The summed E-state index contributed by atoms with van der Waals surface area (Å²) in [5, 5.41) is 6.47. The number of aryl methyl sites for hydroxylation is 1. The first-order valence-electron chi connectivity index (χ1n) is 8.40. The van der Waals surface area contributed by atoms with Crippen molar-refractivity contribution in [3.05, 3.63) is 16.1 Å². The molecule has 3 rings (SSSR count). The molecule has 1 heterocycles. The van der Waals surface area contributed by atoms with Crippen LogP contribution in [0.1, 0.15) is 49.7 Å². The Morgan fingerprint density at radius 1 is 1.50 bits per heavy atom. The molecule has 0 unspecified atom stereocenters. The Kier molecular flexibility index (Phi) is 5.45. The fourth-order valence-corrected chi connectivity index (χ4v) is 5.70. The minimum atomic E-state index is 0.220. The van der Waals surface area contributed by atoms with Crippen LogP contribution < -0.4 is 5.32 Å². The van der Waals surface area contributed by atoms with Gasteiger partial charge >= 0.3 is 0 Å². The maximum Gasteiger partial charge on any atom is 0.221 e. The van der Waals surface area contributed by atoms with E-state index in [1.54, 1.807) is 23.1 Å². The van der Waals surface area contributed by atoms with E-state index >= 15 is 0 Å². The second kappa shape index (κ2) is 7.35. The summed E-state index contributed by atoms with van der Waals surface area (Å²) in [5.74, 6) is 4.57. The molecule has 0 radical (unpaired) electrons. The molecule has 2 aliphatic carbocycles. The number of carbonyl (C=O) groups is 1. The maximum atomic E-state index is 12.1. The van der Waals surface area contributed by atoms with Gasteiger partial charge in [-0.05, 0) is 50.9 Å². The minimum Gasteiger partial charge on any atom is -0.353 e. The first kappa shape index (κ1) is 16.3. The Morgan fingerprint density at radius 2 is 2.36 bits per heavy atom. The highest BCUT2D eigenvalue weighted by atomic mass is 32.2. The van der Waals surface area contributed by atoms with Crippen LogP contribution in [0.5, 0.6) is 0 Å². The number of fused-ring (bicyclic) bond motifs is 2. The average Bonchev–Trinajstić information content (AvgIpc) is 3.20. The van der Waals surface area contributed by atoms with Gasteiger partial charge in [0.2, 0.25) is 5.91 Å². The van der Waals surface area contributed by atoms with Crippen molar-refractivity contribution >= 4 is 29.0 Å². The van der Waals surface area contributed by atoms with Crippen LogP contribution in [-0.2, 0) is 10.5 Å². The van der Waals surface area contributed by atoms with Gasteiger partial charge in [-0.15, -0.1) is 11.3 Å². The number of thiazole rings is 1. The molecule has 0 aromatic carbocycles. The van der Waals surface area contributed by atoms with E-state index in [1.807, 2.05) is 6.92 Å².